The number of hydrogen-bond acceptors (Lipinski definition) is 8. The summed E-state index contributed by atoms with van der Waals surface area (Å²) in [6.07, 6.45) is 0.671. The molecular formula is C24H21N3O5S. The molecule has 9 heteroatoms. The largest absolute Gasteiger partial charge is 0.504 e. The van der Waals surface area contributed by atoms with Crippen molar-refractivity contribution in [2.75, 3.05) is 12.0 Å². The lowest BCUT2D eigenvalue weighted by Gasteiger charge is -2.22. The maximum Gasteiger partial charge on any atom is 0.297 e. The van der Waals surface area contributed by atoms with Gasteiger partial charge in [-0.05, 0) is 61.2 Å². The minimum atomic E-state index is -0.804. The first-order valence-electron chi connectivity index (χ1n) is 10.4. The number of hydrogen-bond donors (Lipinski definition) is 1. The van der Waals surface area contributed by atoms with Crippen molar-refractivity contribution >= 4 is 33.3 Å². The van der Waals surface area contributed by atoms with Crippen molar-refractivity contribution in [1.82, 2.24) is 10.2 Å². The third-order valence-corrected chi connectivity index (χ3v) is 7.04. The van der Waals surface area contributed by atoms with Gasteiger partial charge in [-0.25, -0.2) is 0 Å². The van der Waals surface area contributed by atoms with Gasteiger partial charge in [0.25, 0.3) is 5.91 Å². The lowest BCUT2D eigenvalue weighted by Crippen LogP contribution is -2.29. The maximum absolute atomic E-state index is 13.7. The normalized spacial score (nSPS) is 15.3. The Morgan fingerprint density at radius 2 is 1.91 bits per heavy atom. The first kappa shape index (κ1) is 21.1. The number of aromatic hydroxyl groups is 1. The summed E-state index contributed by atoms with van der Waals surface area (Å²) in [6, 6.07) is 7.51. The van der Waals surface area contributed by atoms with Crippen LogP contribution in [0.4, 0.5) is 5.13 Å². The molecule has 1 atom stereocenters. The number of fused-ring (bicyclic) bond motifs is 2. The van der Waals surface area contributed by atoms with Crippen molar-refractivity contribution in [3.63, 3.8) is 0 Å². The Hall–Kier alpha value is -3.72. The van der Waals surface area contributed by atoms with E-state index >= 15 is 0 Å². The van der Waals surface area contributed by atoms with Crippen LogP contribution in [-0.4, -0.2) is 28.3 Å². The minimum Gasteiger partial charge on any atom is -0.504 e. The van der Waals surface area contributed by atoms with Gasteiger partial charge in [0.15, 0.2) is 16.9 Å². The van der Waals surface area contributed by atoms with Crippen LogP contribution in [0.5, 0.6) is 11.5 Å². The second-order valence-corrected chi connectivity index (χ2v) is 8.99. The number of rotatable bonds is 4. The van der Waals surface area contributed by atoms with Gasteiger partial charge in [0.2, 0.25) is 10.9 Å². The number of carbonyl (C=O) groups is 1. The van der Waals surface area contributed by atoms with Crippen molar-refractivity contribution in [1.29, 1.82) is 0 Å². The number of carbonyl (C=O) groups excluding carboxylic acids is 1. The first-order chi connectivity index (χ1) is 15.8. The van der Waals surface area contributed by atoms with E-state index in [-0.39, 0.29) is 28.3 Å². The fourth-order valence-electron chi connectivity index (χ4n) is 4.09. The molecule has 1 aliphatic rings. The number of amides is 1. The van der Waals surface area contributed by atoms with Gasteiger partial charge < -0.3 is 14.3 Å². The topological polar surface area (TPSA) is 106 Å². The molecule has 168 valence electrons. The number of anilines is 1. The quantitative estimate of drug-likeness (QED) is 0.481. The van der Waals surface area contributed by atoms with Crippen molar-refractivity contribution in [2.24, 2.45) is 0 Å². The maximum atomic E-state index is 13.7. The van der Waals surface area contributed by atoms with E-state index < -0.39 is 11.9 Å². The molecule has 1 amide bonds. The predicted octanol–water partition coefficient (Wildman–Crippen LogP) is 4.29. The third kappa shape index (κ3) is 3.19. The second kappa shape index (κ2) is 7.70. The first-order valence-corrected chi connectivity index (χ1v) is 11.3. The van der Waals surface area contributed by atoms with Gasteiger partial charge in [-0.3, -0.25) is 14.5 Å². The Balaban J connectivity index is 1.82. The van der Waals surface area contributed by atoms with Crippen LogP contribution in [0, 0.1) is 13.8 Å². The van der Waals surface area contributed by atoms with Crippen LogP contribution in [-0.2, 0) is 6.42 Å². The van der Waals surface area contributed by atoms with E-state index in [1.165, 1.54) is 29.4 Å². The average Bonchev–Trinajstić information content (AvgIpc) is 3.38. The van der Waals surface area contributed by atoms with Crippen molar-refractivity contribution in [2.45, 2.75) is 33.2 Å². The summed E-state index contributed by atoms with van der Waals surface area (Å²) in [7, 11) is 1.44. The number of nitrogens with zero attached hydrogens (tertiary/aromatic N) is 3. The Labute approximate surface area is 193 Å². The molecule has 0 saturated heterocycles. The number of aryl methyl sites for hydroxylation is 3. The van der Waals surface area contributed by atoms with Crippen LogP contribution >= 0.6 is 11.3 Å². The van der Waals surface area contributed by atoms with Gasteiger partial charge in [0.05, 0.1) is 24.1 Å². The van der Waals surface area contributed by atoms with Crippen LogP contribution in [0.3, 0.4) is 0 Å². The van der Waals surface area contributed by atoms with Gasteiger partial charge >= 0.3 is 0 Å². The Morgan fingerprint density at radius 3 is 2.61 bits per heavy atom. The highest BCUT2D eigenvalue weighted by Gasteiger charge is 2.45. The zero-order chi connectivity index (χ0) is 23.4. The molecule has 1 aliphatic heterocycles. The van der Waals surface area contributed by atoms with Crippen molar-refractivity contribution in [3.05, 3.63) is 73.6 Å². The monoisotopic (exact) mass is 463 g/mol. The molecule has 3 heterocycles. The Morgan fingerprint density at radius 1 is 1.15 bits per heavy atom. The van der Waals surface area contributed by atoms with E-state index in [1.54, 1.807) is 24.3 Å². The summed E-state index contributed by atoms with van der Waals surface area (Å²) < 4.78 is 11.3. The molecule has 2 aromatic heterocycles. The fourth-order valence-corrected chi connectivity index (χ4v) is 4.90. The summed E-state index contributed by atoms with van der Waals surface area (Å²) in [5.74, 6) is -0.284. The zero-order valence-electron chi connectivity index (χ0n) is 18.5. The number of ether oxygens (including phenoxy) is 1. The molecule has 0 saturated carbocycles. The molecule has 0 bridgehead atoms. The highest BCUT2D eigenvalue weighted by atomic mass is 32.1. The summed E-state index contributed by atoms with van der Waals surface area (Å²) in [6.45, 7) is 5.81. The van der Waals surface area contributed by atoms with Gasteiger partial charge in [-0.1, -0.05) is 24.3 Å². The molecule has 2 aromatic carbocycles. The highest BCUT2D eigenvalue weighted by Crippen LogP contribution is 2.44. The van der Waals surface area contributed by atoms with Gasteiger partial charge in [-0.2, -0.15) is 0 Å². The highest BCUT2D eigenvalue weighted by molar-refractivity contribution is 7.15. The van der Waals surface area contributed by atoms with Crippen molar-refractivity contribution < 1.29 is 19.1 Å². The summed E-state index contributed by atoms with van der Waals surface area (Å²) in [5.41, 5.74) is 2.82. The number of methoxy groups -OCH3 is 1. The van der Waals surface area contributed by atoms with Crippen LogP contribution in [0.25, 0.3) is 11.0 Å². The summed E-state index contributed by atoms with van der Waals surface area (Å²) >= 11 is 1.29. The zero-order valence-corrected chi connectivity index (χ0v) is 19.3. The van der Waals surface area contributed by atoms with Gasteiger partial charge in [-0.15, -0.1) is 10.2 Å². The molecule has 1 unspecified atom stereocenters. The molecule has 1 N–H and O–H groups in total. The summed E-state index contributed by atoms with van der Waals surface area (Å²) in [4.78, 5) is 28.8. The number of aromatic nitrogens is 2. The molecule has 33 heavy (non-hydrogen) atoms. The van der Waals surface area contributed by atoms with Gasteiger partial charge in [0.1, 0.15) is 10.6 Å². The standard InChI is InChI=1S/C24H21N3O5S/c1-5-18-25-26-24(33-18)27-20(13-6-7-15(28)17(10-13)31-4)19-21(29)14-8-11(2)12(3)9-16(14)32-22(19)23(27)30/h6-10,20,28H,5H2,1-4H3. The van der Waals surface area contributed by atoms with Crippen LogP contribution in [0.1, 0.15) is 50.8 Å². The molecule has 0 aliphatic carbocycles. The lowest BCUT2D eigenvalue weighted by atomic mass is 9.97. The molecule has 0 fully saturated rings. The predicted molar refractivity (Wildman–Crippen MR) is 125 cm³/mol. The van der Waals surface area contributed by atoms with E-state index in [1.807, 2.05) is 20.8 Å². The van der Waals surface area contributed by atoms with Gasteiger partial charge in [0, 0.05) is 0 Å². The summed E-state index contributed by atoms with van der Waals surface area (Å²) in [5, 5.41) is 20.0. The van der Waals surface area contributed by atoms with Crippen molar-refractivity contribution in [3.8, 4) is 11.5 Å². The van der Waals surface area contributed by atoms with Crippen LogP contribution in [0.15, 0.2) is 39.5 Å². The Kier molecular flexibility index (Phi) is 4.93. The molecule has 8 nitrogen and oxygen atoms in total. The fraction of sp³-hybridized carbons (Fsp3) is 0.250. The van der Waals surface area contributed by atoms with E-state index in [0.717, 1.165) is 16.1 Å². The van der Waals surface area contributed by atoms with E-state index in [0.29, 0.717) is 28.1 Å². The van der Waals surface area contributed by atoms with E-state index in [2.05, 4.69) is 10.2 Å². The molecule has 5 rings (SSSR count). The second-order valence-electron chi connectivity index (χ2n) is 7.95. The average molecular weight is 464 g/mol. The van der Waals surface area contributed by atoms with E-state index in [4.69, 9.17) is 9.15 Å². The Bertz CT molecular complexity index is 1490. The number of phenolic OH excluding ortho intramolecular Hbond substituents is 1. The lowest BCUT2D eigenvalue weighted by molar-refractivity contribution is 0.0970. The molecule has 0 radical (unpaired) electrons. The van der Waals surface area contributed by atoms with Crippen LogP contribution in [0.2, 0.25) is 0 Å². The smallest absolute Gasteiger partial charge is 0.297 e. The number of benzene rings is 2. The molecule has 4 aromatic rings. The van der Waals surface area contributed by atoms with Crippen LogP contribution < -0.4 is 15.1 Å². The van der Waals surface area contributed by atoms with E-state index in [9.17, 15) is 14.7 Å². The molecular weight excluding hydrogens is 442 g/mol. The number of phenols is 1. The SMILES string of the molecule is CCc1nnc(N2C(=O)c3oc4cc(C)c(C)cc4c(=O)c3C2c2ccc(O)c(OC)c2)s1. The minimum absolute atomic E-state index is 0.0129. The third-order valence-electron chi connectivity index (χ3n) is 5.97. The molecule has 0 spiro atoms.